The van der Waals surface area contributed by atoms with Crippen molar-refractivity contribution in [1.29, 1.82) is 0 Å². The predicted molar refractivity (Wildman–Crippen MR) is 229 cm³/mol. The molecule has 5 aromatic carbocycles. The van der Waals surface area contributed by atoms with Crippen LogP contribution >= 0.6 is 0 Å². The van der Waals surface area contributed by atoms with Gasteiger partial charge in [0.1, 0.15) is 0 Å². The summed E-state index contributed by atoms with van der Waals surface area (Å²) < 4.78 is 24.5. The first-order valence-electron chi connectivity index (χ1n) is 20.4. The van der Waals surface area contributed by atoms with Gasteiger partial charge in [0.2, 0.25) is 11.8 Å². The summed E-state index contributed by atoms with van der Waals surface area (Å²) in [5, 5.41) is 15.5. The topological polar surface area (TPSA) is 145 Å². The third kappa shape index (κ3) is 10.9. The maximum atomic E-state index is 12.6. The predicted octanol–water partition coefficient (Wildman–Crippen LogP) is 7.86. The average molecular weight is 799 g/mol. The molecule has 1 fully saturated rings. The Hall–Kier alpha value is -5.72. The summed E-state index contributed by atoms with van der Waals surface area (Å²) in [5.41, 5.74) is 15.5. The Balaban J connectivity index is 0.952. The number of ether oxygens (including phenoxy) is 4. The monoisotopic (exact) mass is 798 g/mol. The first-order chi connectivity index (χ1) is 28.8. The Morgan fingerprint density at radius 2 is 1.49 bits per heavy atom. The third-order valence-corrected chi connectivity index (χ3v) is 11.1. The molecule has 0 spiro atoms. The number of aliphatic hydroxyl groups is 1. The van der Waals surface area contributed by atoms with Crippen LogP contribution in [0.3, 0.4) is 0 Å². The summed E-state index contributed by atoms with van der Waals surface area (Å²) in [6, 6.07) is 35.8. The van der Waals surface area contributed by atoms with Gasteiger partial charge in [-0.1, -0.05) is 78.9 Å². The fourth-order valence-corrected chi connectivity index (χ4v) is 7.80. The highest BCUT2D eigenvalue weighted by Gasteiger charge is 2.34. The molecule has 11 heteroatoms. The van der Waals surface area contributed by atoms with Crippen molar-refractivity contribution in [1.82, 2.24) is 10.2 Å². The van der Waals surface area contributed by atoms with E-state index in [0.29, 0.717) is 50.0 Å². The second-order valence-corrected chi connectivity index (χ2v) is 15.3. The second-order valence-electron chi connectivity index (χ2n) is 15.3. The second kappa shape index (κ2) is 19.8. The SMILES string of the molecule is COc1cc2c(cc1OC)CN(C[C@H]1C[C@@H](c3ccc(CO)cc3)O[C@@H](c3ccc(-c4cccc(CNC(=O)CCCCC(=O)Nc5ccccc5N)c4)cc3)O1)CC2. The van der Waals surface area contributed by atoms with Crippen LogP contribution in [0, 0.1) is 0 Å². The number of hydrogen-bond donors (Lipinski definition) is 4. The summed E-state index contributed by atoms with van der Waals surface area (Å²) in [4.78, 5) is 27.4. The van der Waals surface area contributed by atoms with E-state index in [1.807, 2.05) is 48.5 Å². The summed E-state index contributed by atoms with van der Waals surface area (Å²) in [6.07, 6.45) is 2.67. The molecule has 0 saturated carbocycles. The van der Waals surface area contributed by atoms with Gasteiger partial charge in [0, 0.05) is 51.0 Å². The van der Waals surface area contributed by atoms with Gasteiger partial charge < -0.3 is 40.4 Å². The van der Waals surface area contributed by atoms with E-state index < -0.39 is 6.29 Å². The van der Waals surface area contributed by atoms with Crippen LogP contribution in [0.15, 0.2) is 109 Å². The number of unbranched alkanes of at least 4 members (excludes halogenated alkanes) is 1. The number of amides is 2. The number of nitrogens with two attached hydrogens (primary N) is 1. The van der Waals surface area contributed by atoms with Crippen molar-refractivity contribution in [2.24, 2.45) is 0 Å². The van der Waals surface area contributed by atoms with Crippen LogP contribution in [0.4, 0.5) is 11.4 Å². The van der Waals surface area contributed by atoms with Gasteiger partial charge in [-0.15, -0.1) is 0 Å². The molecular weight excluding hydrogens is 745 g/mol. The summed E-state index contributed by atoms with van der Waals surface area (Å²) in [7, 11) is 3.34. The lowest BCUT2D eigenvalue weighted by Crippen LogP contribution is -2.41. The van der Waals surface area contributed by atoms with Gasteiger partial charge >= 0.3 is 0 Å². The normalized spacial score (nSPS) is 17.8. The van der Waals surface area contributed by atoms with E-state index in [4.69, 9.17) is 24.7 Å². The number of methoxy groups -OCH3 is 2. The molecule has 0 radical (unpaired) electrons. The van der Waals surface area contributed by atoms with Gasteiger partial charge in [0.05, 0.1) is 44.4 Å². The summed E-state index contributed by atoms with van der Waals surface area (Å²) in [6.45, 7) is 2.86. The number of carbonyl (C=O) groups is 2. The molecule has 2 heterocycles. The van der Waals surface area contributed by atoms with Crippen LogP contribution in [0.25, 0.3) is 11.1 Å². The minimum atomic E-state index is -0.565. The lowest BCUT2D eigenvalue weighted by Gasteiger charge is -2.39. The van der Waals surface area contributed by atoms with Gasteiger partial charge in [0.15, 0.2) is 17.8 Å². The van der Waals surface area contributed by atoms with E-state index in [0.717, 1.165) is 70.9 Å². The zero-order chi connectivity index (χ0) is 41.1. The van der Waals surface area contributed by atoms with Gasteiger partial charge in [-0.3, -0.25) is 14.5 Å². The molecule has 7 rings (SSSR count). The molecule has 11 nitrogen and oxygen atoms in total. The molecular formula is C48H54N4O7. The van der Waals surface area contributed by atoms with Crippen LogP contribution in [0.5, 0.6) is 11.5 Å². The minimum absolute atomic E-state index is 0.00723. The molecule has 2 aliphatic heterocycles. The molecule has 308 valence electrons. The molecule has 5 N–H and O–H groups in total. The Bertz CT molecular complexity index is 2190. The largest absolute Gasteiger partial charge is 0.493 e. The molecule has 2 amide bonds. The van der Waals surface area contributed by atoms with Crippen molar-refractivity contribution < 1.29 is 33.6 Å². The molecule has 0 unspecified atom stereocenters. The fraction of sp³-hybridized carbons (Fsp3) is 0.333. The third-order valence-electron chi connectivity index (χ3n) is 11.1. The highest BCUT2D eigenvalue weighted by atomic mass is 16.7. The number of aliphatic hydroxyl groups excluding tert-OH is 1. The first-order valence-corrected chi connectivity index (χ1v) is 20.4. The van der Waals surface area contributed by atoms with Gasteiger partial charge in [0.25, 0.3) is 0 Å². The first kappa shape index (κ1) is 41.4. The molecule has 1 saturated heterocycles. The van der Waals surface area contributed by atoms with Crippen LogP contribution in [-0.2, 0) is 45.2 Å². The minimum Gasteiger partial charge on any atom is -0.493 e. The number of benzene rings is 5. The molecule has 5 aromatic rings. The highest BCUT2D eigenvalue weighted by molar-refractivity contribution is 5.93. The highest BCUT2D eigenvalue weighted by Crippen LogP contribution is 2.40. The van der Waals surface area contributed by atoms with Crippen molar-refractivity contribution in [2.45, 2.75) is 76.7 Å². The van der Waals surface area contributed by atoms with Crippen LogP contribution in [0.1, 0.15) is 77.9 Å². The maximum Gasteiger partial charge on any atom is 0.224 e. The zero-order valence-electron chi connectivity index (χ0n) is 33.8. The van der Waals surface area contributed by atoms with E-state index in [9.17, 15) is 14.7 Å². The average Bonchev–Trinajstić information content (AvgIpc) is 3.27. The van der Waals surface area contributed by atoms with Crippen LogP contribution < -0.4 is 25.8 Å². The Morgan fingerprint density at radius 1 is 0.780 bits per heavy atom. The molecule has 0 aromatic heterocycles. The lowest BCUT2D eigenvalue weighted by atomic mass is 9.96. The molecule has 2 aliphatic rings. The Kier molecular flexibility index (Phi) is 13.9. The van der Waals surface area contributed by atoms with Gasteiger partial charge in [-0.05, 0) is 88.5 Å². The standard InChI is InChI=1S/C48H54N4O7/c1-56-44-25-38-22-23-52(29-39(38)26-45(44)57-2)30-40-27-43(35-16-14-32(31-53)15-17-35)59-48(58-40)36-20-18-34(19-21-36)37-9-7-8-33(24-37)28-50-46(54)12-5-6-13-47(55)51-42-11-4-3-10-41(42)49/h3-4,7-11,14-21,24-26,40,43,48,53H,5-6,12-13,22-23,27-31,49H2,1-2H3,(H,50,54)(H,51,55)/t40-,43+,48+/m1/s1. The van der Waals surface area contributed by atoms with Gasteiger partial charge in [-0.2, -0.15) is 0 Å². The van der Waals surface area contributed by atoms with E-state index in [1.165, 1.54) is 11.1 Å². The number of hydrogen-bond acceptors (Lipinski definition) is 9. The molecule has 0 aliphatic carbocycles. The van der Waals surface area contributed by atoms with Crippen molar-refractivity contribution in [3.05, 3.63) is 143 Å². The van der Waals surface area contributed by atoms with E-state index >= 15 is 0 Å². The van der Waals surface area contributed by atoms with Crippen molar-refractivity contribution >= 4 is 23.2 Å². The Labute approximate surface area is 346 Å². The number of anilines is 2. The molecule has 3 atom stereocenters. The van der Waals surface area contributed by atoms with Gasteiger partial charge in [-0.25, -0.2) is 0 Å². The number of nitrogens with one attached hydrogen (secondary N) is 2. The van der Waals surface area contributed by atoms with Crippen molar-refractivity contribution in [3.8, 4) is 22.6 Å². The van der Waals surface area contributed by atoms with E-state index in [2.05, 4.69) is 64.1 Å². The lowest BCUT2D eigenvalue weighted by molar-refractivity contribution is -0.253. The number of nitrogens with zero attached hydrogens (tertiary/aromatic N) is 1. The maximum absolute atomic E-state index is 12.6. The van der Waals surface area contributed by atoms with E-state index in [1.54, 1.807) is 26.4 Å². The number of rotatable bonds is 16. The quantitative estimate of drug-likeness (QED) is 0.0579. The fourth-order valence-electron chi connectivity index (χ4n) is 7.80. The number of carbonyl (C=O) groups excluding carboxylic acids is 2. The van der Waals surface area contributed by atoms with Crippen molar-refractivity contribution in [3.63, 3.8) is 0 Å². The zero-order valence-corrected chi connectivity index (χ0v) is 33.8. The van der Waals surface area contributed by atoms with Crippen LogP contribution in [-0.4, -0.2) is 55.2 Å². The van der Waals surface area contributed by atoms with E-state index in [-0.39, 0.29) is 30.6 Å². The Morgan fingerprint density at radius 3 is 2.22 bits per heavy atom. The summed E-state index contributed by atoms with van der Waals surface area (Å²) >= 11 is 0. The number of para-hydroxylation sites is 2. The molecule has 0 bridgehead atoms. The number of fused-ring (bicyclic) bond motifs is 1. The van der Waals surface area contributed by atoms with Crippen LogP contribution in [0.2, 0.25) is 0 Å². The smallest absolute Gasteiger partial charge is 0.224 e. The number of nitrogen functional groups attached to an aromatic ring is 1. The summed E-state index contributed by atoms with van der Waals surface area (Å²) in [5.74, 6) is 1.33. The molecule has 59 heavy (non-hydrogen) atoms. The van der Waals surface area contributed by atoms with Crippen molar-refractivity contribution in [2.75, 3.05) is 38.4 Å².